The summed E-state index contributed by atoms with van der Waals surface area (Å²) in [4.78, 5) is 50.9. The van der Waals surface area contributed by atoms with Crippen LogP contribution in [0.5, 0.6) is 11.5 Å². The van der Waals surface area contributed by atoms with Crippen molar-refractivity contribution in [2.75, 3.05) is 45.8 Å². The van der Waals surface area contributed by atoms with Gasteiger partial charge in [0, 0.05) is 35.9 Å². The number of carbonyl (C=O) groups excluding carboxylic acids is 4. The first-order valence-corrected chi connectivity index (χ1v) is 12.8. The summed E-state index contributed by atoms with van der Waals surface area (Å²) in [6.07, 6.45) is 5.93. The number of allylic oxidation sites excluding steroid dienone is 2. The van der Waals surface area contributed by atoms with E-state index in [4.69, 9.17) is 18.9 Å². The van der Waals surface area contributed by atoms with Crippen molar-refractivity contribution >= 4 is 41.4 Å². The van der Waals surface area contributed by atoms with Gasteiger partial charge in [-0.2, -0.15) is 4.40 Å². The monoisotopic (exact) mass is 528 g/mol. The lowest BCUT2D eigenvalue weighted by Crippen LogP contribution is -2.32. The number of esters is 2. The summed E-state index contributed by atoms with van der Waals surface area (Å²) in [5.41, 5.74) is 2.63. The zero-order valence-electron chi connectivity index (χ0n) is 20.9. The van der Waals surface area contributed by atoms with Gasteiger partial charge in [-0.3, -0.25) is 9.59 Å². The molecule has 0 atom stereocenters. The zero-order chi connectivity index (χ0) is 26.8. The summed E-state index contributed by atoms with van der Waals surface area (Å²) >= 11 is 1.30. The third-order valence-electron chi connectivity index (χ3n) is 5.32. The standard InChI is InChI=1S/C26H28N2O8S/c1-4-33-24(30)15-35-22-9-7-18(11-23(22)36-16-25(31)34-5-2)21(29)14-28-13-19-10-17(12-27-37-3)6-8-20(19)26(28)32/h6-9,11H,4-5,10,13-16H2,1-3H3. The van der Waals surface area contributed by atoms with Crippen LogP contribution in [0.4, 0.5) is 0 Å². The van der Waals surface area contributed by atoms with E-state index >= 15 is 0 Å². The van der Waals surface area contributed by atoms with E-state index in [1.54, 1.807) is 19.9 Å². The highest BCUT2D eigenvalue weighted by Crippen LogP contribution is 2.31. The minimum Gasteiger partial charge on any atom is -0.478 e. The number of benzene rings is 1. The van der Waals surface area contributed by atoms with E-state index in [0.717, 1.165) is 11.1 Å². The van der Waals surface area contributed by atoms with Crippen molar-refractivity contribution in [1.29, 1.82) is 0 Å². The molecule has 196 valence electrons. The van der Waals surface area contributed by atoms with E-state index in [1.807, 2.05) is 12.3 Å². The number of rotatable bonds is 12. The van der Waals surface area contributed by atoms with Crippen LogP contribution in [0.3, 0.4) is 0 Å². The van der Waals surface area contributed by atoms with E-state index < -0.39 is 18.5 Å². The molecule has 11 heteroatoms. The Bertz CT molecular complexity index is 1200. The van der Waals surface area contributed by atoms with Crippen molar-refractivity contribution < 1.29 is 38.1 Å². The fourth-order valence-electron chi connectivity index (χ4n) is 3.69. The maximum absolute atomic E-state index is 13.1. The molecule has 0 N–H and O–H groups in total. The largest absolute Gasteiger partial charge is 0.478 e. The van der Waals surface area contributed by atoms with Gasteiger partial charge in [-0.15, -0.1) is 0 Å². The molecule has 2 aliphatic rings. The molecular formula is C26H28N2O8S. The van der Waals surface area contributed by atoms with Crippen LogP contribution in [0.25, 0.3) is 0 Å². The molecule has 1 heterocycles. The van der Waals surface area contributed by atoms with Gasteiger partial charge >= 0.3 is 11.9 Å². The van der Waals surface area contributed by atoms with E-state index in [0.29, 0.717) is 18.5 Å². The Morgan fingerprint density at radius 2 is 1.70 bits per heavy atom. The highest BCUT2D eigenvalue weighted by molar-refractivity contribution is 7.97. The van der Waals surface area contributed by atoms with Gasteiger partial charge in [-0.1, -0.05) is 0 Å². The van der Waals surface area contributed by atoms with Gasteiger partial charge in [0.2, 0.25) is 0 Å². The Kier molecular flexibility index (Phi) is 10.1. The van der Waals surface area contributed by atoms with Crippen LogP contribution < -0.4 is 9.47 Å². The molecule has 0 bridgehead atoms. The summed E-state index contributed by atoms with van der Waals surface area (Å²) in [5, 5.41) is 0. The first kappa shape index (κ1) is 27.8. The second-order valence-electron chi connectivity index (χ2n) is 7.87. The second-order valence-corrected chi connectivity index (χ2v) is 8.42. The summed E-state index contributed by atoms with van der Waals surface area (Å²) in [7, 11) is 0. The van der Waals surface area contributed by atoms with Crippen LogP contribution in [0.2, 0.25) is 0 Å². The van der Waals surface area contributed by atoms with Crippen molar-refractivity contribution in [3.05, 3.63) is 52.6 Å². The van der Waals surface area contributed by atoms with Crippen LogP contribution in [-0.2, 0) is 23.9 Å². The van der Waals surface area contributed by atoms with Crippen molar-refractivity contribution in [3.63, 3.8) is 0 Å². The van der Waals surface area contributed by atoms with Crippen LogP contribution in [0.1, 0.15) is 30.6 Å². The summed E-state index contributed by atoms with van der Waals surface area (Å²) in [6, 6.07) is 4.38. The van der Waals surface area contributed by atoms with Crippen LogP contribution in [0.15, 0.2) is 51.5 Å². The minimum absolute atomic E-state index is 0.0826. The van der Waals surface area contributed by atoms with Gasteiger partial charge in [0.25, 0.3) is 5.91 Å². The van der Waals surface area contributed by atoms with Crippen LogP contribution in [-0.4, -0.2) is 80.2 Å². The topological polar surface area (TPSA) is 121 Å². The lowest BCUT2D eigenvalue weighted by atomic mass is 9.97. The van der Waals surface area contributed by atoms with Gasteiger partial charge in [-0.05, 0) is 67.6 Å². The number of hydrogen-bond donors (Lipinski definition) is 0. The fourth-order valence-corrected chi connectivity index (χ4v) is 3.90. The van der Waals surface area contributed by atoms with E-state index in [1.165, 1.54) is 35.0 Å². The Labute approximate surface area is 219 Å². The zero-order valence-corrected chi connectivity index (χ0v) is 21.7. The second kappa shape index (κ2) is 13.5. The average molecular weight is 529 g/mol. The molecule has 0 spiro atoms. The normalized spacial score (nSPS) is 14.2. The number of hydrogen-bond acceptors (Lipinski definition) is 10. The van der Waals surface area contributed by atoms with Crippen LogP contribution in [0, 0.1) is 0 Å². The summed E-state index contributed by atoms with van der Waals surface area (Å²) < 4.78 is 24.8. The predicted octanol–water partition coefficient (Wildman–Crippen LogP) is 2.73. The van der Waals surface area contributed by atoms with Crippen molar-refractivity contribution in [3.8, 4) is 11.5 Å². The molecule has 1 aromatic carbocycles. The Morgan fingerprint density at radius 3 is 2.35 bits per heavy atom. The first-order chi connectivity index (χ1) is 17.9. The quantitative estimate of drug-likeness (QED) is 0.174. The molecule has 37 heavy (non-hydrogen) atoms. The SMILES string of the molecule is CCOC(=O)COc1ccc(C(=O)CN2CC3=C(C=CC(=C=NSC)C3)C2=O)cc1OCC(=O)OCC. The van der Waals surface area contributed by atoms with Crippen molar-refractivity contribution in [1.82, 2.24) is 4.90 Å². The molecule has 0 radical (unpaired) electrons. The molecular weight excluding hydrogens is 500 g/mol. The summed E-state index contributed by atoms with van der Waals surface area (Å²) in [5.74, 6) is 1.47. The van der Waals surface area contributed by atoms with Crippen molar-refractivity contribution in [2.24, 2.45) is 4.40 Å². The molecule has 0 fully saturated rings. The van der Waals surface area contributed by atoms with Crippen LogP contribution >= 0.6 is 11.9 Å². The van der Waals surface area contributed by atoms with E-state index in [9.17, 15) is 19.2 Å². The lowest BCUT2D eigenvalue weighted by molar-refractivity contribution is -0.146. The minimum atomic E-state index is -0.598. The molecule has 1 aliphatic heterocycles. The number of amides is 1. The van der Waals surface area contributed by atoms with Gasteiger partial charge in [-0.25, -0.2) is 9.59 Å². The van der Waals surface area contributed by atoms with Gasteiger partial charge in [0.05, 0.1) is 19.8 Å². The number of nitrogens with zero attached hydrogens (tertiary/aromatic N) is 2. The maximum Gasteiger partial charge on any atom is 0.344 e. The molecule has 1 aromatic rings. The third-order valence-corrected chi connectivity index (χ3v) is 5.59. The lowest BCUT2D eigenvalue weighted by Gasteiger charge is -2.17. The van der Waals surface area contributed by atoms with Gasteiger partial charge < -0.3 is 23.8 Å². The smallest absolute Gasteiger partial charge is 0.344 e. The number of carbonyl (C=O) groups is 4. The van der Waals surface area contributed by atoms with E-state index in [-0.39, 0.29) is 55.1 Å². The molecule has 0 saturated carbocycles. The molecule has 0 saturated heterocycles. The molecule has 0 unspecified atom stereocenters. The van der Waals surface area contributed by atoms with Gasteiger partial charge in [0.1, 0.15) is 0 Å². The molecule has 3 rings (SSSR count). The molecule has 1 aliphatic carbocycles. The van der Waals surface area contributed by atoms with Crippen molar-refractivity contribution in [2.45, 2.75) is 20.3 Å². The predicted molar refractivity (Wildman–Crippen MR) is 137 cm³/mol. The third kappa shape index (κ3) is 7.58. The molecule has 1 amide bonds. The highest BCUT2D eigenvalue weighted by Gasteiger charge is 2.32. The number of ketones is 1. The van der Waals surface area contributed by atoms with E-state index in [2.05, 4.69) is 10.3 Å². The Morgan fingerprint density at radius 1 is 1.03 bits per heavy atom. The molecule has 10 nitrogen and oxygen atoms in total. The Hall–Kier alpha value is -3.82. The average Bonchev–Trinajstić information content (AvgIpc) is 3.19. The first-order valence-electron chi connectivity index (χ1n) is 11.6. The Balaban J connectivity index is 1.71. The summed E-state index contributed by atoms with van der Waals surface area (Å²) in [6.45, 7) is 3.14. The maximum atomic E-state index is 13.1. The highest BCUT2D eigenvalue weighted by atomic mass is 32.2. The van der Waals surface area contributed by atoms with Gasteiger partial charge in [0.15, 0.2) is 30.5 Å². The fraction of sp³-hybridized carbons (Fsp3) is 0.385. The number of Topliss-reactive ketones (excluding diaryl/α,β-unsaturated/α-hetero) is 1. The number of ether oxygens (including phenoxy) is 4. The molecule has 0 aromatic heterocycles.